The minimum absolute atomic E-state index is 0.0531. The highest BCUT2D eigenvalue weighted by atomic mass is 35.5. The van der Waals surface area contributed by atoms with Gasteiger partial charge < -0.3 is 15.1 Å². The first-order chi connectivity index (χ1) is 16.9. The molecule has 1 fully saturated rings. The number of carbonyl (C=O) groups is 3. The van der Waals surface area contributed by atoms with Crippen LogP contribution in [0.3, 0.4) is 0 Å². The molecule has 1 unspecified atom stereocenters. The number of hydrogen-bond acceptors (Lipinski definition) is 5. The normalized spacial score (nSPS) is 16.0. The van der Waals surface area contributed by atoms with Gasteiger partial charge in [-0.25, -0.2) is 0 Å². The molecule has 35 heavy (non-hydrogen) atoms. The van der Waals surface area contributed by atoms with Crippen molar-refractivity contribution in [2.75, 3.05) is 13.1 Å². The summed E-state index contributed by atoms with van der Waals surface area (Å²) in [6.07, 6.45) is 3.63. The number of piperazine rings is 1. The number of nitrogens with one attached hydrogen (secondary N) is 1. The van der Waals surface area contributed by atoms with E-state index in [0.717, 1.165) is 16.0 Å². The Morgan fingerprint density at radius 1 is 1.14 bits per heavy atom. The Morgan fingerprint density at radius 2 is 1.94 bits per heavy atom. The number of rotatable bonds is 9. The van der Waals surface area contributed by atoms with Crippen molar-refractivity contribution < 1.29 is 14.4 Å². The predicted molar refractivity (Wildman–Crippen MR) is 136 cm³/mol. The number of carbonyl (C=O) groups excluding carboxylic acids is 3. The number of pyridine rings is 1. The summed E-state index contributed by atoms with van der Waals surface area (Å²) in [6, 6.07) is 11.7. The molecule has 182 valence electrons. The molecule has 10 heteroatoms. The summed E-state index contributed by atoms with van der Waals surface area (Å²) in [5.41, 5.74) is 1.67. The second kappa shape index (κ2) is 11.7. The van der Waals surface area contributed by atoms with Crippen LogP contribution in [0.15, 0.2) is 60.2 Å². The summed E-state index contributed by atoms with van der Waals surface area (Å²) in [5.74, 6) is -0.749. The van der Waals surface area contributed by atoms with Crippen LogP contribution >= 0.6 is 34.5 Å². The number of thiophene rings is 1. The highest BCUT2D eigenvalue weighted by Crippen LogP contribution is 2.23. The standard InChI is InChI=1S/C25H24Cl2N4O3S/c26-19-4-3-18(21(27)12-19)7-10-30-16-24(33)31(15-17-5-8-28-9-6-17)22(25(30)34)13-23(32)29-14-20-2-1-11-35-20/h1-6,8-9,11-12,22H,7,10,13-16H2,(H,29,32). The second-order valence-corrected chi connectivity index (χ2v) is 10.1. The van der Waals surface area contributed by atoms with Crippen molar-refractivity contribution in [3.05, 3.63) is 86.3 Å². The Bertz CT molecular complexity index is 1190. The van der Waals surface area contributed by atoms with Crippen molar-refractivity contribution >= 4 is 52.3 Å². The number of amides is 3. The average Bonchev–Trinajstić information content (AvgIpc) is 3.36. The first kappa shape index (κ1) is 25.2. The van der Waals surface area contributed by atoms with Gasteiger partial charge >= 0.3 is 0 Å². The molecule has 2 aromatic heterocycles. The molecule has 1 saturated heterocycles. The largest absolute Gasteiger partial charge is 0.351 e. The van der Waals surface area contributed by atoms with E-state index in [0.29, 0.717) is 29.6 Å². The summed E-state index contributed by atoms with van der Waals surface area (Å²) in [4.78, 5) is 47.4. The fourth-order valence-electron chi connectivity index (χ4n) is 3.95. The van der Waals surface area contributed by atoms with Gasteiger partial charge in [0, 0.05) is 40.4 Å². The van der Waals surface area contributed by atoms with Gasteiger partial charge in [-0.2, -0.15) is 0 Å². The second-order valence-electron chi connectivity index (χ2n) is 8.20. The molecule has 0 saturated carbocycles. The molecule has 1 aliphatic heterocycles. The van der Waals surface area contributed by atoms with Crippen LogP contribution in [-0.2, 0) is 33.9 Å². The maximum Gasteiger partial charge on any atom is 0.246 e. The van der Waals surface area contributed by atoms with Gasteiger partial charge in [0.05, 0.1) is 19.5 Å². The molecule has 3 amide bonds. The minimum atomic E-state index is -0.895. The average molecular weight is 531 g/mol. The molecule has 3 heterocycles. The molecule has 7 nitrogen and oxygen atoms in total. The third-order valence-electron chi connectivity index (χ3n) is 5.81. The topological polar surface area (TPSA) is 82.6 Å². The van der Waals surface area contributed by atoms with E-state index in [4.69, 9.17) is 23.2 Å². The summed E-state index contributed by atoms with van der Waals surface area (Å²) in [6.45, 7) is 0.867. The third-order valence-corrected chi connectivity index (χ3v) is 7.27. The van der Waals surface area contributed by atoms with Gasteiger partial charge in [-0.15, -0.1) is 11.3 Å². The Kier molecular flexibility index (Phi) is 8.38. The Labute approximate surface area is 217 Å². The van der Waals surface area contributed by atoms with Gasteiger partial charge in [-0.3, -0.25) is 19.4 Å². The molecular weight excluding hydrogens is 507 g/mol. The van der Waals surface area contributed by atoms with E-state index < -0.39 is 6.04 Å². The first-order valence-electron chi connectivity index (χ1n) is 11.1. The maximum absolute atomic E-state index is 13.5. The molecule has 1 N–H and O–H groups in total. The number of benzene rings is 1. The number of halogens is 2. The quantitative estimate of drug-likeness (QED) is 0.454. The maximum atomic E-state index is 13.5. The van der Waals surface area contributed by atoms with E-state index in [1.807, 2.05) is 23.6 Å². The van der Waals surface area contributed by atoms with Crippen LogP contribution in [0, 0.1) is 0 Å². The summed E-state index contributed by atoms with van der Waals surface area (Å²) in [7, 11) is 0. The lowest BCUT2D eigenvalue weighted by atomic mass is 10.0. The van der Waals surface area contributed by atoms with Crippen LogP contribution in [0.4, 0.5) is 0 Å². The molecule has 3 aromatic rings. The Balaban J connectivity index is 1.48. The van der Waals surface area contributed by atoms with Gasteiger partial charge in [0.25, 0.3) is 0 Å². The van der Waals surface area contributed by atoms with Crippen molar-refractivity contribution in [2.45, 2.75) is 32.0 Å². The van der Waals surface area contributed by atoms with Crippen LogP contribution in [0.5, 0.6) is 0 Å². The van der Waals surface area contributed by atoms with E-state index in [9.17, 15) is 14.4 Å². The Hall–Kier alpha value is -2.94. The molecule has 4 rings (SSSR count). The van der Waals surface area contributed by atoms with Crippen molar-refractivity contribution in [2.24, 2.45) is 0 Å². The van der Waals surface area contributed by atoms with Crippen LogP contribution in [0.1, 0.15) is 22.4 Å². The van der Waals surface area contributed by atoms with Gasteiger partial charge in [0.1, 0.15) is 6.04 Å². The van der Waals surface area contributed by atoms with Gasteiger partial charge in [0.2, 0.25) is 17.7 Å². The number of hydrogen-bond donors (Lipinski definition) is 1. The lowest BCUT2D eigenvalue weighted by Gasteiger charge is -2.40. The van der Waals surface area contributed by atoms with Crippen LogP contribution in [0.2, 0.25) is 10.0 Å². The van der Waals surface area contributed by atoms with Crippen molar-refractivity contribution in [1.29, 1.82) is 0 Å². The van der Waals surface area contributed by atoms with Gasteiger partial charge in [0.15, 0.2) is 0 Å². The fourth-order valence-corrected chi connectivity index (χ4v) is 5.09. The lowest BCUT2D eigenvalue weighted by molar-refractivity contribution is -0.157. The van der Waals surface area contributed by atoms with Crippen molar-refractivity contribution in [1.82, 2.24) is 20.1 Å². The predicted octanol–water partition coefficient (Wildman–Crippen LogP) is 3.94. The summed E-state index contributed by atoms with van der Waals surface area (Å²) in [5, 5.41) is 5.84. The van der Waals surface area contributed by atoms with E-state index >= 15 is 0 Å². The van der Waals surface area contributed by atoms with Gasteiger partial charge in [-0.05, 0) is 53.3 Å². The SMILES string of the molecule is O=C(CC1C(=O)N(CCc2ccc(Cl)cc2Cl)CC(=O)N1Cc1ccncc1)NCc1cccs1. The molecule has 1 aromatic carbocycles. The molecule has 0 aliphatic carbocycles. The van der Waals surface area contributed by atoms with E-state index in [1.54, 1.807) is 48.0 Å². The number of aromatic nitrogens is 1. The van der Waals surface area contributed by atoms with Crippen molar-refractivity contribution in [3.63, 3.8) is 0 Å². The van der Waals surface area contributed by atoms with E-state index in [1.165, 1.54) is 9.80 Å². The van der Waals surface area contributed by atoms with E-state index in [-0.39, 0.29) is 37.2 Å². The van der Waals surface area contributed by atoms with E-state index in [2.05, 4.69) is 10.3 Å². The molecule has 1 atom stereocenters. The molecule has 0 spiro atoms. The third kappa shape index (κ3) is 6.60. The van der Waals surface area contributed by atoms with Crippen LogP contribution < -0.4 is 5.32 Å². The van der Waals surface area contributed by atoms with Crippen LogP contribution in [-0.4, -0.2) is 51.6 Å². The van der Waals surface area contributed by atoms with Crippen molar-refractivity contribution in [3.8, 4) is 0 Å². The molecule has 1 aliphatic rings. The van der Waals surface area contributed by atoms with Crippen LogP contribution in [0.25, 0.3) is 0 Å². The highest BCUT2D eigenvalue weighted by Gasteiger charge is 2.40. The summed E-state index contributed by atoms with van der Waals surface area (Å²) >= 11 is 13.8. The zero-order valence-corrected chi connectivity index (χ0v) is 21.2. The highest BCUT2D eigenvalue weighted by molar-refractivity contribution is 7.09. The zero-order valence-electron chi connectivity index (χ0n) is 18.8. The monoisotopic (exact) mass is 530 g/mol. The molecule has 0 bridgehead atoms. The summed E-state index contributed by atoms with van der Waals surface area (Å²) < 4.78 is 0. The number of nitrogens with zero attached hydrogens (tertiary/aromatic N) is 3. The smallest absolute Gasteiger partial charge is 0.246 e. The molecule has 0 radical (unpaired) electrons. The Morgan fingerprint density at radius 3 is 2.66 bits per heavy atom. The fraction of sp³-hybridized carbons (Fsp3) is 0.280. The lowest BCUT2D eigenvalue weighted by Crippen LogP contribution is -2.60. The first-order valence-corrected chi connectivity index (χ1v) is 12.7. The van der Waals surface area contributed by atoms with Gasteiger partial charge in [-0.1, -0.05) is 35.3 Å². The molecular formula is C25H24Cl2N4O3S. The minimum Gasteiger partial charge on any atom is -0.351 e. The zero-order chi connectivity index (χ0) is 24.8.